The van der Waals surface area contributed by atoms with E-state index in [1.807, 2.05) is 0 Å². The van der Waals surface area contributed by atoms with E-state index in [4.69, 9.17) is 21.1 Å². The van der Waals surface area contributed by atoms with E-state index in [-0.39, 0.29) is 23.2 Å². The molecule has 0 saturated heterocycles. The van der Waals surface area contributed by atoms with Crippen LogP contribution < -0.4 is 19.5 Å². The number of fused-ring (bicyclic) bond motifs is 1. The molecule has 0 aromatic heterocycles. The van der Waals surface area contributed by atoms with Gasteiger partial charge < -0.3 is 19.5 Å². The van der Waals surface area contributed by atoms with Gasteiger partial charge >= 0.3 is 6.61 Å². The smallest absolute Gasteiger partial charge is 0.387 e. The van der Waals surface area contributed by atoms with E-state index in [1.54, 1.807) is 24.3 Å². The van der Waals surface area contributed by atoms with E-state index in [0.29, 0.717) is 27.4 Å². The quantitative estimate of drug-likeness (QED) is 0.777. The normalized spacial score (nSPS) is 14.4. The van der Waals surface area contributed by atoms with Gasteiger partial charge in [-0.15, -0.1) is 0 Å². The molecule has 0 aliphatic carbocycles. The Morgan fingerprint density at radius 1 is 1.12 bits per heavy atom. The summed E-state index contributed by atoms with van der Waals surface area (Å²) in [6.45, 7) is -3.03. The zero-order valence-corrected chi connectivity index (χ0v) is 14.6. The van der Waals surface area contributed by atoms with E-state index >= 15 is 0 Å². The molecule has 0 fully saturated rings. The van der Waals surface area contributed by atoms with Gasteiger partial charge in [0.1, 0.15) is 0 Å². The summed E-state index contributed by atoms with van der Waals surface area (Å²) in [6.07, 6.45) is 1.60. The van der Waals surface area contributed by atoms with Gasteiger partial charge in [0.05, 0.1) is 19.9 Å². The maximum atomic E-state index is 12.6. The predicted octanol–water partition coefficient (Wildman–Crippen LogP) is 4.45. The van der Waals surface area contributed by atoms with Gasteiger partial charge in [0.15, 0.2) is 11.5 Å². The summed E-state index contributed by atoms with van der Waals surface area (Å²) in [4.78, 5) is 12.3. The molecule has 8 heteroatoms. The van der Waals surface area contributed by atoms with Crippen molar-refractivity contribution < 1.29 is 27.8 Å². The van der Waals surface area contributed by atoms with Crippen LogP contribution in [0.4, 0.5) is 14.5 Å². The topological polar surface area (TPSA) is 56.8 Å². The summed E-state index contributed by atoms with van der Waals surface area (Å²) in [5.74, 6) is -0.388. The second kappa shape index (κ2) is 7.21. The number of hydrogen-bond acceptors (Lipinski definition) is 4. The van der Waals surface area contributed by atoms with Gasteiger partial charge in [-0.05, 0) is 35.9 Å². The Morgan fingerprint density at radius 3 is 2.35 bits per heavy atom. The number of carbonyl (C=O) groups is 1. The van der Waals surface area contributed by atoms with E-state index in [9.17, 15) is 13.6 Å². The fraction of sp³-hybridized carbons (Fsp3) is 0.167. The Morgan fingerprint density at radius 2 is 1.77 bits per heavy atom. The van der Waals surface area contributed by atoms with Crippen molar-refractivity contribution in [1.29, 1.82) is 0 Å². The highest BCUT2D eigenvalue weighted by atomic mass is 35.5. The number of ether oxygens (including phenoxy) is 3. The molecule has 1 N–H and O–H groups in total. The van der Waals surface area contributed by atoms with Crippen molar-refractivity contribution in [3.8, 4) is 17.2 Å². The van der Waals surface area contributed by atoms with Gasteiger partial charge in [0.2, 0.25) is 5.75 Å². The third-order valence-corrected chi connectivity index (χ3v) is 4.00. The molecular formula is C18H14ClF2NO4. The monoisotopic (exact) mass is 381 g/mol. The largest absolute Gasteiger partial charge is 0.493 e. The summed E-state index contributed by atoms with van der Waals surface area (Å²) < 4.78 is 40.0. The first-order chi connectivity index (χ1) is 12.4. The lowest BCUT2D eigenvalue weighted by Gasteiger charge is -2.14. The number of rotatable bonds is 5. The minimum absolute atomic E-state index is 0.0613. The van der Waals surface area contributed by atoms with Crippen molar-refractivity contribution in [2.45, 2.75) is 6.61 Å². The minimum Gasteiger partial charge on any atom is -0.493 e. The van der Waals surface area contributed by atoms with Crippen LogP contribution in [-0.2, 0) is 4.79 Å². The van der Waals surface area contributed by atoms with Crippen LogP contribution in [0.2, 0.25) is 5.02 Å². The number of carbonyl (C=O) groups excluding carboxylic acids is 1. The summed E-state index contributed by atoms with van der Waals surface area (Å²) in [5.41, 5.74) is 2.21. The Bertz CT molecular complexity index is 874. The molecule has 1 aliphatic rings. The minimum atomic E-state index is -3.03. The molecule has 0 saturated carbocycles. The van der Waals surface area contributed by atoms with Crippen molar-refractivity contribution >= 4 is 34.8 Å². The van der Waals surface area contributed by atoms with Crippen LogP contribution in [0, 0.1) is 0 Å². The lowest BCUT2D eigenvalue weighted by molar-refractivity contribution is -0.110. The van der Waals surface area contributed by atoms with Crippen LogP contribution in [0.15, 0.2) is 30.3 Å². The van der Waals surface area contributed by atoms with Crippen molar-refractivity contribution in [3.63, 3.8) is 0 Å². The number of methoxy groups -OCH3 is 2. The average Bonchev–Trinajstić information content (AvgIpc) is 2.89. The third kappa shape index (κ3) is 3.43. The summed E-state index contributed by atoms with van der Waals surface area (Å²) in [7, 11) is 2.65. The molecule has 2 aromatic carbocycles. The molecule has 5 nitrogen and oxygen atoms in total. The van der Waals surface area contributed by atoms with Crippen LogP contribution in [0.5, 0.6) is 17.2 Å². The molecule has 1 heterocycles. The molecule has 0 unspecified atom stereocenters. The SMILES string of the molecule is COc1cc(/C=C2/C(=O)Nc3cc(Cl)ccc32)cc(OC)c1OC(F)F. The third-order valence-electron chi connectivity index (χ3n) is 3.77. The van der Waals surface area contributed by atoms with Crippen molar-refractivity contribution in [2.75, 3.05) is 19.5 Å². The number of nitrogens with one attached hydrogen (secondary N) is 1. The van der Waals surface area contributed by atoms with E-state index in [0.717, 1.165) is 0 Å². The molecule has 136 valence electrons. The Kier molecular flexibility index (Phi) is 4.99. The number of alkyl halides is 2. The molecule has 1 aliphatic heterocycles. The van der Waals surface area contributed by atoms with Gasteiger partial charge in [-0.1, -0.05) is 17.7 Å². The molecule has 3 rings (SSSR count). The molecule has 2 aromatic rings. The first-order valence-electron chi connectivity index (χ1n) is 7.46. The van der Waals surface area contributed by atoms with Crippen LogP contribution in [0.3, 0.4) is 0 Å². The van der Waals surface area contributed by atoms with E-state index < -0.39 is 6.61 Å². The highest BCUT2D eigenvalue weighted by Crippen LogP contribution is 2.41. The van der Waals surface area contributed by atoms with Gasteiger partial charge in [-0.25, -0.2) is 0 Å². The van der Waals surface area contributed by atoms with Crippen molar-refractivity contribution in [1.82, 2.24) is 0 Å². The summed E-state index contributed by atoms with van der Waals surface area (Å²) in [6, 6.07) is 8.01. The van der Waals surface area contributed by atoms with E-state index in [2.05, 4.69) is 10.1 Å². The van der Waals surface area contributed by atoms with Crippen molar-refractivity contribution in [2.24, 2.45) is 0 Å². The number of hydrogen-bond donors (Lipinski definition) is 1. The molecule has 1 amide bonds. The number of halogens is 3. The van der Waals surface area contributed by atoms with Gasteiger partial charge in [-0.2, -0.15) is 8.78 Å². The number of amides is 1. The Hall–Kier alpha value is -2.80. The van der Waals surface area contributed by atoms with E-state index in [1.165, 1.54) is 26.4 Å². The van der Waals surface area contributed by atoms with Crippen molar-refractivity contribution in [3.05, 3.63) is 46.5 Å². The second-order valence-electron chi connectivity index (χ2n) is 5.34. The standard InChI is InChI=1S/C18H14ClF2NO4/c1-24-14-6-9(7-15(25-2)16(14)26-18(20)21)5-12-11-4-3-10(19)8-13(11)22-17(12)23/h3-8,18H,1-2H3,(H,22,23)/b12-5+. The fourth-order valence-electron chi connectivity index (χ4n) is 2.67. The zero-order valence-electron chi connectivity index (χ0n) is 13.8. The van der Waals surface area contributed by atoms with Gasteiger partial charge in [-0.3, -0.25) is 4.79 Å². The first kappa shape index (κ1) is 18.0. The van der Waals surface area contributed by atoms with Crippen LogP contribution in [0.1, 0.15) is 11.1 Å². The second-order valence-corrected chi connectivity index (χ2v) is 5.77. The predicted molar refractivity (Wildman–Crippen MR) is 94.1 cm³/mol. The highest BCUT2D eigenvalue weighted by molar-refractivity contribution is 6.36. The first-order valence-corrected chi connectivity index (χ1v) is 7.84. The highest BCUT2D eigenvalue weighted by Gasteiger charge is 2.25. The lowest BCUT2D eigenvalue weighted by Crippen LogP contribution is -2.06. The molecule has 0 bridgehead atoms. The number of anilines is 1. The fourth-order valence-corrected chi connectivity index (χ4v) is 2.84. The Balaban J connectivity index is 2.08. The van der Waals surface area contributed by atoms with Crippen LogP contribution in [-0.4, -0.2) is 26.7 Å². The average molecular weight is 382 g/mol. The van der Waals surface area contributed by atoms with Gasteiger partial charge in [0.25, 0.3) is 5.91 Å². The van der Waals surface area contributed by atoms with Crippen LogP contribution in [0.25, 0.3) is 11.6 Å². The summed E-state index contributed by atoms with van der Waals surface area (Å²) >= 11 is 5.94. The van der Waals surface area contributed by atoms with Crippen LogP contribution >= 0.6 is 11.6 Å². The molecule has 0 spiro atoms. The summed E-state index contributed by atoms with van der Waals surface area (Å²) in [5, 5.41) is 3.23. The molecule has 0 radical (unpaired) electrons. The maximum absolute atomic E-state index is 12.6. The zero-order chi connectivity index (χ0) is 18.8. The Labute approximate surface area is 153 Å². The number of benzene rings is 2. The molecule has 0 atom stereocenters. The maximum Gasteiger partial charge on any atom is 0.387 e. The van der Waals surface area contributed by atoms with Gasteiger partial charge in [0, 0.05) is 16.2 Å². The molecular weight excluding hydrogens is 368 g/mol. The lowest BCUT2D eigenvalue weighted by atomic mass is 10.0. The molecule has 26 heavy (non-hydrogen) atoms.